The quantitative estimate of drug-likeness (QED) is 0.335. The molecule has 0 bridgehead atoms. The number of aliphatic hydroxyl groups is 1. The first-order valence-corrected chi connectivity index (χ1v) is 14.3. The van der Waals surface area contributed by atoms with E-state index in [1.807, 2.05) is 24.5 Å². The second-order valence-corrected chi connectivity index (χ2v) is 11.1. The topological polar surface area (TPSA) is 91.6 Å². The summed E-state index contributed by atoms with van der Waals surface area (Å²) in [4.78, 5) is 19.9. The number of likely N-dealkylation sites (tertiary alicyclic amines) is 1. The fourth-order valence-corrected chi connectivity index (χ4v) is 5.78. The van der Waals surface area contributed by atoms with E-state index in [4.69, 9.17) is 4.74 Å². The molecule has 2 fully saturated rings. The second-order valence-electron chi connectivity index (χ2n) is 11.1. The largest absolute Gasteiger partial charge is 0.496 e. The summed E-state index contributed by atoms with van der Waals surface area (Å²) in [5.74, 6) is 0.518. The number of alkyl halides is 1. The van der Waals surface area contributed by atoms with Crippen molar-refractivity contribution in [1.29, 1.82) is 0 Å². The fraction of sp³-hybridized carbons (Fsp3) is 0.484. The zero-order valence-corrected chi connectivity index (χ0v) is 23.9. The van der Waals surface area contributed by atoms with Crippen LogP contribution < -0.4 is 15.4 Å². The normalized spacial score (nSPS) is 20.0. The lowest BCUT2D eigenvalue weighted by atomic mass is 10.0. The molecule has 0 saturated carbocycles. The third-order valence-electron chi connectivity index (χ3n) is 8.14. The SMILES string of the molecule is COc1cc(-n2cc(-c3ccc(C4C[C@@H](O)CN4)cc3F)nc2C)c(C)cc1C(=O)NCCCN1CCC(F)CC1. The van der Waals surface area contributed by atoms with Gasteiger partial charge in [-0.15, -0.1) is 0 Å². The molecule has 2 aromatic carbocycles. The Balaban J connectivity index is 1.29. The number of carbonyl (C=O) groups is 1. The minimum absolute atomic E-state index is 0.0705. The Morgan fingerprint density at radius 3 is 2.68 bits per heavy atom. The summed E-state index contributed by atoms with van der Waals surface area (Å²) >= 11 is 0. The van der Waals surface area contributed by atoms with E-state index in [1.165, 1.54) is 13.2 Å². The number of nitrogens with zero attached hydrogens (tertiary/aromatic N) is 3. The van der Waals surface area contributed by atoms with Gasteiger partial charge in [-0.2, -0.15) is 0 Å². The molecule has 3 heterocycles. The molecule has 220 valence electrons. The lowest BCUT2D eigenvalue weighted by Crippen LogP contribution is -2.36. The summed E-state index contributed by atoms with van der Waals surface area (Å²) in [5, 5.41) is 16.0. The fourth-order valence-electron chi connectivity index (χ4n) is 5.78. The van der Waals surface area contributed by atoms with Gasteiger partial charge in [0.2, 0.25) is 0 Å². The highest BCUT2D eigenvalue weighted by Crippen LogP contribution is 2.32. The molecule has 10 heteroatoms. The predicted molar refractivity (Wildman–Crippen MR) is 154 cm³/mol. The van der Waals surface area contributed by atoms with Gasteiger partial charge in [0.05, 0.1) is 30.2 Å². The monoisotopic (exact) mass is 567 g/mol. The van der Waals surface area contributed by atoms with Gasteiger partial charge in [-0.25, -0.2) is 13.8 Å². The van der Waals surface area contributed by atoms with Crippen molar-refractivity contribution in [3.05, 3.63) is 64.9 Å². The average Bonchev–Trinajstić information content (AvgIpc) is 3.57. The van der Waals surface area contributed by atoms with Crippen molar-refractivity contribution in [2.24, 2.45) is 0 Å². The first kappa shape index (κ1) is 29.2. The first-order valence-electron chi connectivity index (χ1n) is 14.3. The van der Waals surface area contributed by atoms with Crippen molar-refractivity contribution in [2.75, 3.05) is 39.8 Å². The molecule has 0 radical (unpaired) electrons. The number of piperidine rings is 1. The van der Waals surface area contributed by atoms with Crippen LogP contribution in [0.1, 0.15) is 59.0 Å². The van der Waals surface area contributed by atoms with Gasteiger partial charge in [-0.3, -0.25) is 4.79 Å². The van der Waals surface area contributed by atoms with E-state index in [-0.39, 0.29) is 17.8 Å². The van der Waals surface area contributed by atoms with E-state index in [0.717, 1.165) is 42.9 Å². The number of carbonyl (C=O) groups excluding carboxylic acids is 1. The Bertz CT molecular complexity index is 1390. The summed E-state index contributed by atoms with van der Waals surface area (Å²) < 4.78 is 36.0. The number of ether oxygens (including phenoxy) is 1. The van der Waals surface area contributed by atoms with Gasteiger partial charge >= 0.3 is 0 Å². The number of β-amino-alcohol motifs (C(OH)–C–C–N with tert-alkyl or cyclic N) is 1. The number of hydrogen-bond donors (Lipinski definition) is 3. The number of benzene rings is 2. The van der Waals surface area contributed by atoms with Crippen LogP contribution in [-0.2, 0) is 0 Å². The molecule has 5 rings (SSSR count). The number of imidazole rings is 1. The maximum atomic E-state index is 15.2. The molecule has 2 atom stereocenters. The number of amides is 1. The number of hydrogen-bond acceptors (Lipinski definition) is 6. The van der Waals surface area contributed by atoms with Crippen molar-refractivity contribution in [1.82, 2.24) is 25.1 Å². The molecular formula is C31H39F2N5O3. The van der Waals surface area contributed by atoms with Crippen LogP contribution in [0.4, 0.5) is 8.78 Å². The van der Waals surface area contributed by atoms with Crippen LogP contribution >= 0.6 is 0 Å². The minimum atomic E-state index is -0.689. The number of aromatic nitrogens is 2. The highest BCUT2D eigenvalue weighted by Gasteiger charge is 2.25. The van der Waals surface area contributed by atoms with Crippen molar-refractivity contribution in [3.8, 4) is 22.7 Å². The van der Waals surface area contributed by atoms with Crippen molar-refractivity contribution in [3.63, 3.8) is 0 Å². The van der Waals surface area contributed by atoms with Crippen molar-refractivity contribution in [2.45, 2.75) is 57.8 Å². The van der Waals surface area contributed by atoms with Crippen LogP contribution in [0.2, 0.25) is 0 Å². The van der Waals surface area contributed by atoms with Crippen molar-refractivity contribution >= 4 is 5.91 Å². The van der Waals surface area contributed by atoms with Crippen LogP contribution in [-0.4, -0.2) is 77.6 Å². The molecule has 2 saturated heterocycles. The summed E-state index contributed by atoms with van der Waals surface area (Å²) in [5.41, 5.74) is 3.77. The molecule has 0 spiro atoms. The summed E-state index contributed by atoms with van der Waals surface area (Å²) in [6, 6.07) is 8.64. The maximum absolute atomic E-state index is 15.2. The third kappa shape index (κ3) is 6.60. The number of halogens is 2. The summed E-state index contributed by atoms with van der Waals surface area (Å²) in [6.45, 7) is 7.14. The zero-order chi connectivity index (χ0) is 29.1. The molecule has 1 unspecified atom stereocenters. The molecule has 2 aliphatic rings. The number of aryl methyl sites for hydroxylation is 2. The standard InChI is InChI=1S/C31H39F2N5O3/c1-19-13-25(31(40)34-9-4-10-37-11-7-22(32)8-12-37)30(41-3)16-29(19)38-18-28(36-20(38)2)24-6-5-21(14-26(24)33)27-15-23(39)17-35-27/h5-6,13-14,16,18,22-23,27,35,39H,4,7-12,15,17H2,1-3H3,(H,34,40)/t23-,27?/m1/s1. The van der Waals surface area contributed by atoms with E-state index in [1.54, 1.807) is 24.4 Å². The van der Waals surface area contributed by atoms with E-state index < -0.39 is 12.3 Å². The van der Waals surface area contributed by atoms with Crippen LogP contribution in [0.3, 0.4) is 0 Å². The second kappa shape index (κ2) is 12.7. The average molecular weight is 568 g/mol. The number of methoxy groups -OCH3 is 1. The molecule has 41 heavy (non-hydrogen) atoms. The number of rotatable bonds is 9. The lowest BCUT2D eigenvalue weighted by Gasteiger charge is -2.28. The molecular weight excluding hydrogens is 528 g/mol. The van der Waals surface area contributed by atoms with Gasteiger partial charge in [0.15, 0.2) is 0 Å². The van der Waals surface area contributed by atoms with Gasteiger partial charge in [0.1, 0.15) is 23.6 Å². The Morgan fingerprint density at radius 1 is 1.22 bits per heavy atom. The smallest absolute Gasteiger partial charge is 0.255 e. The van der Waals surface area contributed by atoms with E-state index in [9.17, 15) is 14.3 Å². The molecule has 3 N–H and O–H groups in total. The Morgan fingerprint density at radius 2 is 2.00 bits per heavy atom. The van der Waals surface area contributed by atoms with Gasteiger partial charge < -0.3 is 29.9 Å². The Kier molecular flexibility index (Phi) is 9.01. The van der Waals surface area contributed by atoms with Gasteiger partial charge in [0.25, 0.3) is 5.91 Å². The van der Waals surface area contributed by atoms with Crippen molar-refractivity contribution < 1.29 is 23.4 Å². The lowest BCUT2D eigenvalue weighted by molar-refractivity contribution is 0.0946. The van der Waals surface area contributed by atoms with E-state index >= 15 is 4.39 Å². The molecule has 1 amide bonds. The van der Waals surface area contributed by atoms with Crippen LogP contribution in [0, 0.1) is 19.7 Å². The van der Waals surface area contributed by atoms with Crippen LogP contribution in [0.5, 0.6) is 5.75 Å². The van der Waals surface area contributed by atoms with Crippen LogP contribution in [0.25, 0.3) is 16.9 Å². The summed E-state index contributed by atoms with van der Waals surface area (Å²) in [6.07, 6.45) is 3.19. The van der Waals surface area contributed by atoms with Gasteiger partial charge in [0, 0.05) is 50.0 Å². The Labute approximate surface area is 239 Å². The zero-order valence-electron chi connectivity index (χ0n) is 23.9. The van der Waals surface area contributed by atoms with Gasteiger partial charge in [-0.1, -0.05) is 6.07 Å². The van der Waals surface area contributed by atoms with Gasteiger partial charge in [-0.05, 0) is 75.4 Å². The maximum Gasteiger partial charge on any atom is 0.255 e. The highest BCUT2D eigenvalue weighted by atomic mass is 19.1. The molecule has 8 nitrogen and oxygen atoms in total. The molecule has 2 aliphatic heterocycles. The molecule has 1 aromatic heterocycles. The molecule has 3 aromatic rings. The van der Waals surface area contributed by atoms with E-state index in [0.29, 0.717) is 60.7 Å². The Hall–Kier alpha value is -3.34. The predicted octanol–water partition coefficient (Wildman–Crippen LogP) is 4.25. The highest BCUT2D eigenvalue weighted by molar-refractivity contribution is 5.97. The molecule has 0 aliphatic carbocycles. The van der Waals surface area contributed by atoms with Crippen LogP contribution in [0.15, 0.2) is 36.5 Å². The minimum Gasteiger partial charge on any atom is -0.496 e. The third-order valence-corrected chi connectivity index (χ3v) is 8.14. The number of nitrogens with one attached hydrogen (secondary N) is 2. The number of aliphatic hydroxyl groups excluding tert-OH is 1. The summed E-state index contributed by atoms with van der Waals surface area (Å²) in [7, 11) is 1.53. The van der Waals surface area contributed by atoms with E-state index in [2.05, 4.69) is 20.5 Å². The first-order chi connectivity index (χ1) is 19.7.